The third kappa shape index (κ3) is 7.08. The normalized spacial score (nSPS) is 25.1. The Bertz CT molecular complexity index is 167. The van der Waals surface area contributed by atoms with E-state index >= 15 is 0 Å². The van der Waals surface area contributed by atoms with E-state index in [1.54, 1.807) is 0 Å². The first kappa shape index (κ1) is 15.0. The van der Waals surface area contributed by atoms with Gasteiger partial charge in [-0.3, -0.25) is 0 Å². The van der Waals surface area contributed by atoms with Gasteiger partial charge >= 0.3 is 0 Å². The molecule has 0 aromatic rings. The Morgan fingerprint density at radius 2 is 1.41 bits per heavy atom. The molecular weight excluding hydrogens is 208 g/mol. The third-order valence-electron chi connectivity index (χ3n) is 4.30. The Kier molecular flexibility index (Phi) is 8.78. The molecule has 1 aliphatic rings. The molecule has 1 N–H and O–H groups in total. The van der Waals surface area contributed by atoms with Gasteiger partial charge in [0, 0.05) is 0 Å². The Hall–Kier alpha value is -0.0400. The zero-order valence-electron chi connectivity index (χ0n) is 11.8. The highest BCUT2D eigenvalue weighted by Gasteiger charge is 2.21. The van der Waals surface area contributed by atoms with Crippen molar-refractivity contribution in [3.05, 3.63) is 0 Å². The van der Waals surface area contributed by atoms with Gasteiger partial charge in [0.25, 0.3) is 0 Å². The number of aliphatic hydroxyl groups excluding tert-OH is 1. The van der Waals surface area contributed by atoms with Crippen LogP contribution in [0.3, 0.4) is 0 Å². The van der Waals surface area contributed by atoms with Crippen LogP contribution in [0, 0.1) is 5.92 Å². The van der Waals surface area contributed by atoms with Crippen LogP contribution in [0.2, 0.25) is 0 Å². The standard InChI is InChI=1S/C16H32O/c1-2-3-4-5-6-7-8-9-12-15-13-10-11-14-16(15)17/h15-17H,2-14H2,1H3. The second kappa shape index (κ2) is 9.94. The lowest BCUT2D eigenvalue weighted by Crippen LogP contribution is -2.24. The molecule has 1 rings (SSSR count). The summed E-state index contributed by atoms with van der Waals surface area (Å²) in [6.45, 7) is 2.27. The smallest absolute Gasteiger partial charge is 0.0568 e. The molecule has 17 heavy (non-hydrogen) atoms. The molecule has 0 amide bonds. The maximum absolute atomic E-state index is 9.87. The lowest BCUT2D eigenvalue weighted by molar-refractivity contribution is 0.0639. The average molecular weight is 240 g/mol. The highest BCUT2D eigenvalue weighted by Crippen LogP contribution is 2.28. The van der Waals surface area contributed by atoms with Crippen LogP contribution >= 0.6 is 0 Å². The van der Waals surface area contributed by atoms with Crippen LogP contribution in [0.15, 0.2) is 0 Å². The molecule has 0 aromatic heterocycles. The summed E-state index contributed by atoms with van der Waals surface area (Å²) in [5.74, 6) is 0.629. The van der Waals surface area contributed by atoms with Crippen molar-refractivity contribution in [3.8, 4) is 0 Å². The van der Waals surface area contributed by atoms with Gasteiger partial charge in [0.15, 0.2) is 0 Å². The van der Waals surface area contributed by atoms with E-state index in [9.17, 15) is 5.11 Å². The van der Waals surface area contributed by atoms with Gasteiger partial charge in [0.05, 0.1) is 6.10 Å². The summed E-state index contributed by atoms with van der Waals surface area (Å²) in [7, 11) is 0. The first-order valence-electron chi connectivity index (χ1n) is 8.02. The van der Waals surface area contributed by atoms with Gasteiger partial charge < -0.3 is 5.11 Å². The number of aliphatic hydroxyl groups is 1. The van der Waals surface area contributed by atoms with E-state index in [1.807, 2.05) is 0 Å². The number of hydrogen-bond acceptors (Lipinski definition) is 1. The molecule has 2 unspecified atom stereocenters. The van der Waals surface area contributed by atoms with Crippen molar-refractivity contribution in [2.45, 2.75) is 96.5 Å². The summed E-state index contributed by atoms with van der Waals surface area (Å²) in [5.41, 5.74) is 0. The Labute approximate surface area is 108 Å². The summed E-state index contributed by atoms with van der Waals surface area (Å²) in [6, 6.07) is 0. The molecule has 0 bridgehead atoms. The summed E-state index contributed by atoms with van der Waals surface area (Å²) < 4.78 is 0. The van der Waals surface area contributed by atoms with Crippen LogP contribution in [0.5, 0.6) is 0 Å². The fourth-order valence-corrected chi connectivity index (χ4v) is 3.07. The van der Waals surface area contributed by atoms with Crippen LogP contribution in [0.1, 0.15) is 90.4 Å². The Balaban J connectivity index is 1.86. The fraction of sp³-hybridized carbons (Fsp3) is 1.00. The quantitative estimate of drug-likeness (QED) is 0.558. The van der Waals surface area contributed by atoms with E-state index in [2.05, 4.69) is 6.92 Å². The predicted molar refractivity (Wildman–Crippen MR) is 75.2 cm³/mol. The lowest BCUT2D eigenvalue weighted by atomic mass is 9.83. The summed E-state index contributed by atoms with van der Waals surface area (Å²) >= 11 is 0. The van der Waals surface area contributed by atoms with Gasteiger partial charge in [0.1, 0.15) is 0 Å². The monoisotopic (exact) mass is 240 g/mol. The second-order valence-corrected chi connectivity index (χ2v) is 5.88. The molecule has 0 radical (unpaired) electrons. The van der Waals surface area contributed by atoms with Gasteiger partial charge in [-0.25, -0.2) is 0 Å². The van der Waals surface area contributed by atoms with Crippen LogP contribution < -0.4 is 0 Å². The maximum atomic E-state index is 9.87. The minimum Gasteiger partial charge on any atom is -0.393 e. The van der Waals surface area contributed by atoms with Crippen LogP contribution in [-0.2, 0) is 0 Å². The van der Waals surface area contributed by atoms with Gasteiger partial charge in [-0.2, -0.15) is 0 Å². The summed E-state index contributed by atoms with van der Waals surface area (Å²) in [6.07, 6.45) is 17.4. The highest BCUT2D eigenvalue weighted by molar-refractivity contribution is 4.74. The molecule has 0 saturated heterocycles. The topological polar surface area (TPSA) is 20.2 Å². The number of hydrogen-bond donors (Lipinski definition) is 1. The first-order valence-corrected chi connectivity index (χ1v) is 8.02. The second-order valence-electron chi connectivity index (χ2n) is 5.88. The van der Waals surface area contributed by atoms with Crippen molar-refractivity contribution < 1.29 is 5.11 Å². The lowest BCUT2D eigenvalue weighted by Gasteiger charge is -2.27. The Morgan fingerprint density at radius 1 is 0.824 bits per heavy atom. The van der Waals surface area contributed by atoms with Gasteiger partial charge in [-0.05, 0) is 25.2 Å². The van der Waals surface area contributed by atoms with Crippen molar-refractivity contribution in [1.29, 1.82) is 0 Å². The van der Waals surface area contributed by atoms with Gasteiger partial charge in [0.2, 0.25) is 0 Å². The van der Waals surface area contributed by atoms with Crippen LogP contribution in [0.4, 0.5) is 0 Å². The first-order chi connectivity index (χ1) is 8.34. The van der Waals surface area contributed by atoms with Crippen molar-refractivity contribution in [2.24, 2.45) is 5.92 Å². The molecule has 1 heteroatoms. The zero-order valence-corrected chi connectivity index (χ0v) is 11.8. The molecule has 102 valence electrons. The minimum atomic E-state index is 0.0216. The minimum absolute atomic E-state index is 0.0216. The van der Waals surface area contributed by atoms with Gasteiger partial charge in [-0.15, -0.1) is 0 Å². The molecule has 1 saturated carbocycles. The number of unbranched alkanes of at least 4 members (excludes halogenated alkanes) is 7. The van der Waals surface area contributed by atoms with E-state index in [-0.39, 0.29) is 6.10 Å². The molecule has 1 nitrogen and oxygen atoms in total. The highest BCUT2D eigenvalue weighted by atomic mass is 16.3. The zero-order chi connectivity index (χ0) is 12.3. The third-order valence-corrected chi connectivity index (χ3v) is 4.30. The van der Waals surface area contributed by atoms with E-state index in [0.29, 0.717) is 5.92 Å². The largest absolute Gasteiger partial charge is 0.393 e. The molecule has 2 atom stereocenters. The van der Waals surface area contributed by atoms with Crippen molar-refractivity contribution >= 4 is 0 Å². The van der Waals surface area contributed by atoms with Crippen molar-refractivity contribution in [2.75, 3.05) is 0 Å². The van der Waals surface area contributed by atoms with E-state index in [1.165, 1.54) is 77.0 Å². The molecule has 0 spiro atoms. The Morgan fingerprint density at radius 3 is 2.06 bits per heavy atom. The molecular formula is C16H32O. The van der Waals surface area contributed by atoms with Crippen LogP contribution in [-0.4, -0.2) is 11.2 Å². The molecule has 0 aliphatic heterocycles. The molecule has 0 heterocycles. The van der Waals surface area contributed by atoms with E-state index in [4.69, 9.17) is 0 Å². The van der Waals surface area contributed by atoms with Crippen LogP contribution in [0.25, 0.3) is 0 Å². The summed E-state index contributed by atoms with van der Waals surface area (Å²) in [5, 5.41) is 9.87. The maximum Gasteiger partial charge on any atom is 0.0568 e. The van der Waals surface area contributed by atoms with Crippen molar-refractivity contribution in [3.63, 3.8) is 0 Å². The van der Waals surface area contributed by atoms with Gasteiger partial charge in [-0.1, -0.05) is 71.1 Å². The molecule has 1 aliphatic carbocycles. The summed E-state index contributed by atoms with van der Waals surface area (Å²) in [4.78, 5) is 0. The molecule has 0 aromatic carbocycles. The average Bonchev–Trinajstić information content (AvgIpc) is 2.35. The van der Waals surface area contributed by atoms with Crippen molar-refractivity contribution in [1.82, 2.24) is 0 Å². The van der Waals surface area contributed by atoms with E-state index < -0.39 is 0 Å². The molecule has 1 fully saturated rings. The van der Waals surface area contributed by atoms with E-state index in [0.717, 1.165) is 6.42 Å². The SMILES string of the molecule is CCCCCCCCCCC1CCCCC1O. The fourth-order valence-electron chi connectivity index (χ4n) is 3.07. The predicted octanol–water partition coefficient (Wildman–Crippen LogP) is 5.07. The number of rotatable bonds is 9.